The van der Waals surface area contributed by atoms with Crippen LogP contribution in [0.3, 0.4) is 0 Å². The lowest BCUT2D eigenvalue weighted by atomic mass is 9.52. The van der Waals surface area contributed by atoms with E-state index in [2.05, 4.69) is 0 Å². The minimum Gasteiger partial charge on any atom is -0.507 e. The number of amides is 1. The first kappa shape index (κ1) is 28.6. The van der Waals surface area contributed by atoms with Gasteiger partial charge in [0.25, 0.3) is 0 Å². The first-order valence-corrected chi connectivity index (χ1v) is 13.5. The number of phenolic OH excluding ortho intramolecular Hbond substituents is 1. The maximum absolute atomic E-state index is 14.1. The molecule has 0 radical (unpaired) electrons. The van der Waals surface area contributed by atoms with Gasteiger partial charge in [0, 0.05) is 37.8 Å². The van der Waals surface area contributed by atoms with Gasteiger partial charge in [-0.05, 0) is 67.7 Å². The van der Waals surface area contributed by atoms with E-state index in [0.717, 1.165) is 11.3 Å². The van der Waals surface area contributed by atoms with Crippen LogP contribution in [0.4, 0.5) is 5.69 Å². The summed E-state index contributed by atoms with van der Waals surface area (Å²) in [6, 6.07) is 8.22. The van der Waals surface area contributed by atoms with Crippen LogP contribution in [0.5, 0.6) is 5.75 Å². The monoisotopic (exact) mass is 562 g/mol. The Balaban J connectivity index is 1.68. The summed E-state index contributed by atoms with van der Waals surface area (Å²) in [7, 11) is 6.93. The van der Waals surface area contributed by atoms with Crippen LogP contribution >= 0.6 is 0 Å². The van der Waals surface area contributed by atoms with Crippen molar-refractivity contribution < 1.29 is 34.2 Å². The summed E-state index contributed by atoms with van der Waals surface area (Å²) in [5.41, 5.74) is 11.7. The predicted octanol–water partition coefficient (Wildman–Crippen LogP) is 0.0587. The lowest BCUT2D eigenvalue weighted by Crippen LogP contribution is -2.74. The molecule has 216 valence electrons. The molecule has 0 saturated heterocycles. The van der Waals surface area contributed by atoms with Crippen LogP contribution in [-0.4, -0.2) is 84.0 Å². The molecule has 41 heavy (non-hydrogen) atoms. The number of rotatable bonds is 5. The fraction of sp³-hybridized carbons (Fsp3) is 0.433. The van der Waals surface area contributed by atoms with Crippen molar-refractivity contribution in [2.75, 3.05) is 33.1 Å². The minimum absolute atomic E-state index is 0.0116. The van der Waals surface area contributed by atoms with E-state index < -0.39 is 64.4 Å². The second-order valence-electron chi connectivity index (χ2n) is 11.7. The third kappa shape index (κ3) is 4.02. The fourth-order valence-electron chi connectivity index (χ4n) is 7.08. The Morgan fingerprint density at radius 3 is 2.22 bits per heavy atom. The largest absolute Gasteiger partial charge is 0.507 e. The summed E-state index contributed by atoms with van der Waals surface area (Å²) >= 11 is 0. The molecule has 6 atom stereocenters. The number of nitrogens with zero attached hydrogens (tertiary/aromatic N) is 2. The summed E-state index contributed by atoms with van der Waals surface area (Å²) < 4.78 is 0. The third-order valence-corrected chi connectivity index (χ3v) is 9.05. The highest BCUT2D eigenvalue weighted by molar-refractivity contribution is 6.32. The van der Waals surface area contributed by atoms with Crippen molar-refractivity contribution >= 4 is 34.7 Å². The van der Waals surface area contributed by atoms with E-state index in [4.69, 9.17) is 11.5 Å². The van der Waals surface area contributed by atoms with Crippen molar-refractivity contribution in [3.63, 3.8) is 0 Å². The third-order valence-electron chi connectivity index (χ3n) is 9.05. The van der Waals surface area contributed by atoms with Crippen LogP contribution in [0, 0.1) is 23.7 Å². The minimum atomic E-state index is -2.76. The molecule has 2 fully saturated rings. The van der Waals surface area contributed by atoms with Crippen LogP contribution in [0.1, 0.15) is 27.9 Å². The molecule has 2 unspecified atom stereocenters. The number of likely N-dealkylation sites (N-methyl/N-ethyl adjacent to an activating group) is 1. The molecule has 5 rings (SSSR count). The van der Waals surface area contributed by atoms with Gasteiger partial charge in [-0.15, -0.1) is 0 Å². The maximum Gasteiger partial charge on any atom is 0.235 e. The number of Topliss-reactive ketones (excluding diaryl/α,β-unsaturated/α-hetero) is 4. The zero-order valence-corrected chi connectivity index (χ0v) is 23.4. The average Bonchev–Trinajstić information content (AvgIpc) is 2.90. The summed E-state index contributed by atoms with van der Waals surface area (Å²) in [6.45, 7) is -0.0748. The number of fused-ring (bicyclic) bond motifs is 3. The maximum atomic E-state index is 14.1. The van der Waals surface area contributed by atoms with Crippen LogP contribution in [0.15, 0.2) is 30.3 Å². The van der Waals surface area contributed by atoms with Crippen LogP contribution in [0.25, 0.3) is 11.1 Å². The van der Waals surface area contributed by atoms with Gasteiger partial charge in [-0.25, -0.2) is 0 Å². The Morgan fingerprint density at radius 1 is 1.05 bits per heavy atom. The number of benzene rings is 2. The highest BCUT2D eigenvalue weighted by Gasteiger charge is 2.69. The lowest BCUT2D eigenvalue weighted by molar-refractivity contribution is -0.181. The zero-order valence-electron chi connectivity index (χ0n) is 23.4. The summed E-state index contributed by atoms with van der Waals surface area (Å²) in [5.74, 6) is -10.8. The number of hydrogen-bond acceptors (Lipinski definition) is 10. The molecule has 2 aromatic rings. The molecular weight excluding hydrogens is 528 g/mol. The molecule has 11 nitrogen and oxygen atoms in total. The van der Waals surface area contributed by atoms with Gasteiger partial charge in [0.2, 0.25) is 5.91 Å². The molecule has 0 spiro atoms. The Hall–Kier alpha value is -3.93. The molecule has 6 N–H and O–H groups in total. The van der Waals surface area contributed by atoms with E-state index in [1.807, 2.05) is 43.3 Å². The van der Waals surface area contributed by atoms with E-state index in [9.17, 15) is 34.2 Å². The normalized spacial score (nSPS) is 29.2. The summed E-state index contributed by atoms with van der Waals surface area (Å²) in [5, 5.41) is 22.9. The average molecular weight is 563 g/mol. The predicted molar refractivity (Wildman–Crippen MR) is 149 cm³/mol. The van der Waals surface area contributed by atoms with Crippen molar-refractivity contribution in [2.24, 2.45) is 35.1 Å². The van der Waals surface area contributed by atoms with E-state index in [0.29, 0.717) is 16.7 Å². The summed E-state index contributed by atoms with van der Waals surface area (Å²) in [6.07, 6.45) is 0.164. The van der Waals surface area contributed by atoms with Gasteiger partial charge in [-0.3, -0.25) is 28.9 Å². The van der Waals surface area contributed by atoms with Crippen LogP contribution in [-0.2, 0) is 32.1 Å². The Labute approximate surface area is 237 Å². The number of hydrogen-bond donors (Lipinski definition) is 4. The van der Waals surface area contributed by atoms with E-state index in [1.165, 1.54) is 4.90 Å². The quantitative estimate of drug-likeness (QED) is 0.363. The number of carbonyl (C=O) groups is 5. The molecule has 11 heteroatoms. The molecule has 2 aromatic carbocycles. The number of primary amides is 1. The number of ketones is 4. The topological polar surface area (TPSA) is 184 Å². The SMILES string of the molecule is CN(C)c1ccc(-c2cc(CN)c(O)c3c2C[C@@H]2C[C@@H]4[C@@H](N(C)C)C(=O)C(C(N)=O)C(=O)[C@]4(O)C(=O)C2C3=O)cc1. The number of aromatic hydroxyl groups is 1. The zero-order chi connectivity index (χ0) is 30.1. The molecule has 2 saturated carbocycles. The van der Waals surface area contributed by atoms with Gasteiger partial charge in [-0.1, -0.05) is 12.1 Å². The van der Waals surface area contributed by atoms with Gasteiger partial charge in [0.15, 0.2) is 34.7 Å². The summed E-state index contributed by atoms with van der Waals surface area (Å²) in [4.78, 5) is 70.4. The Bertz CT molecular complexity index is 1500. The molecule has 1 amide bonds. The second-order valence-corrected chi connectivity index (χ2v) is 11.7. The molecule has 3 aliphatic rings. The number of aliphatic hydroxyl groups is 1. The van der Waals surface area contributed by atoms with E-state index >= 15 is 0 Å². The highest BCUT2D eigenvalue weighted by Crippen LogP contribution is 2.52. The van der Waals surface area contributed by atoms with Crippen molar-refractivity contribution in [3.8, 4) is 16.9 Å². The number of carbonyl (C=O) groups excluding carboxylic acids is 5. The van der Waals surface area contributed by atoms with Crippen LogP contribution in [0.2, 0.25) is 0 Å². The molecular formula is C30H34N4O7. The molecule has 0 aliphatic heterocycles. The van der Waals surface area contributed by atoms with Crippen molar-refractivity contribution in [1.29, 1.82) is 0 Å². The number of phenols is 1. The van der Waals surface area contributed by atoms with Crippen molar-refractivity contribution in [1.82, 2.24) is 4.90 Å². The fourth-order valence-corrected chi connectivity index (χ4v) is 7.08. The van der Waals surface area contributed by atoms with Gasteiger partial charge >= 0.3 is 0 Å². The highest BCUT2D eigenvalue weighted by atomic mass is 16.3. The van der Waals surface area contributed by atoms with Crippen molar-refractivity contribution in [3.05, 3.63) is 47.0 Å². The van der Waals surface area contributed by atoms with Gasteiger partial charge in [0.05, 0.1) is 17.5 Å². The molecule has 0 bridgehead atoms. The Morgan fingerprint density at radius 2 is 1.68 bits per heavy atom. The van der Waals surface area contributed by atoms with Gasteiger partial charge < -0.3 is 26.6 Å². The van der Waals surface area contributed by atoms with E-state index in [-0.39, 0.29) is 30.7 Å². The molecule has 3 aliphatic carbocycles. The number of anilines is 1. The van der Waals surface area contributed by atoms with E-state index in [1.54, 1.807) is 20.2 Å². The smallest absolute Gasteiger partial charge is 0.235 e. The second kappa shape index (κ2) is 9.86. The van der Waals surface area contributed by atoms with Crippen molar-refractivity contribution in [2.45, 2.75) is 31.0 Å². The van der Waals surface area contributed by atoms with Gasteiger partial charge in [0.1, 0.15) is 5.75 Å². The lowest BCUT2D eigenvalue weighted by Gasteiger charge is -2.52. The first-order valence-electron chi connectivity index (χ1n) is 13.5. The molecule has 0 heterocycles. The number of nitrogens with two attached hydrogens (primary N) is 2. The Kier molecular flexibility index (Phi) is 6.88. The van der Waals surface area contributed by atoms with Gasteiger partial charge in [-0.2, -0.15) is 0 Å². The first-order chi connectivity index (χ1) is 19.2. The van der Waals surface area contributed by atoms with Crippen LogP contribution < -0.4 is 16.4 Å². The molecule has 0 aromatic heterocycles. The standard InChI is InChI=1S/C30H34N4O7/c1-33(2)16-7-5-13(6-8-16)17-10-15(12-31)24(35)21-18(17)9-14-11-19-23(34(3)4)26(37)22(29(32)40)28(39)30(19,41)27(38)20(14)25(21)36/h5-8,10,14,19-20,22-23,35,41H,9,11-12,31H2,1-4H3,(H2,32,40)/t14-,19-,20?,22?,23-,30-/m1/s1.